The molecule has 2 atom stereocenters. The number of anilines is 1. The minimum atomic E-state index is -6.58. The van der Waals surface area contributed by atoms with Gasteiger partial charge in [-0.1, -0.05) is 0 Å². The van der Waals surface area contributed by atoms with Gasteiger partial charge in [-0.05, 0) is 48.8 Å². The number of alkyl halides is 13. The van der Waals surface area contributed by atoms with Gasteiger partial charge in [0.15, 0.2) is 5.60 Å². The number of nitrogens with two attached hydrogens (primary N) is 1. The first kappa shape index (κ1) is 31.8. The van der Waals surface area contributed by atoms with Crippen molar-refractivity contribution >= 4 is 11.3 Å². The van der Waals surface area contributed by atoms with E-state index in [1.54, 1.807) is 0 Å². The smallest absolute Gasteiger partial charge is 0.398 e. The Morgan fingerprint density at radius 3 is 1.58 bits per heavy atom. The third-order valence-corrected chi connectivity index (χ3v) is 5.28. The molecule has 0 spiro atoms. The summed E-state index contributed by atoms with van der Waals surface area (Å²) in [5, 5.41) is 29.0. The predicted octanol–water partition coefficient (Wildman–Crippen LogP) is 5.24. The van der Waals surface area contributed by atoms with E-state index in [9.17, 15) is 72.4 Å². The number of hydrogen-bond donors (Lipinski definition) is 4. The molecule has 0 bridgehead atoms. The number of hydrogen-bond acceptors (Lipinski definition) is 4. The monoisotopic (exact) mass is 555 g/mol. The van der Waals surface area contributed by atoms with E-state index in [0.717, 1.165) is 6.92 Å². The van der Waals surface area contributed by atoms with E-state index in [2.05, 4.69) is 0 Å². The highest BCUT2D eigenvalue weighted by molar-refractivity contribution is 5.73. The predicted molar refractivity (Wildman–Crippen MR) is 97.9 cm³/mol. The van der Waals surface area contributed by atoms with Gasteiger partial charge in [0.2, 0.25) is 5.60 Å². The first-order valence-electron chi connectivity index (χ1n) is 9.29. The molecule has 0 radical (unpaired) electrons. The second kappa shape index (κ2) is 9.24. The van der Waals surface area contributed by atoms with Crippen LogP contribution in [0.2, 0.25) is 0 Å². The van der Waals surface area contributed by atoms with Crippen molar-refractivity contribution in [2.24, 2.45) is 0 Å². The molecule has 0 saturated carbocycles. The maximum absolute atomic E-state index is 13.4. The summed E-state index contributed by atoms with van der Waals surface area (Å²) >= 11 is 0. The van der Waals surface area contributed by atoms with Crippen LogP contribution in [-0.4, -0.2) is 57.9 Å². The van der Waals surface area contributed by atoms with Gasteiger partial charge in [-0.2, -0.15) is 52.7 Å². The average molecular weight is 555 g/mol. The summed E-state index contributed by atoms with van der Waals surface area (Å²) in [5.41, 5.74) is -15.4. The highest BCUT2D eigenvalue weighted by Crippen LogP contribution is 2.50. The second-order valence-electron chi connectivity index (χ2n) is 8.09. The minimum Gasteiger partial charge on any atom is -0.398 e. The molecule has 0 fully saturated rings. The Balaban J connectivity index is 4.13. The van der Waals surface area contributed by atoms with Crippen molar-refractivity contribution in [1.82, 2.24) is 0 Å². The van der Waals surface area contributed by atoms with Gasteiger partial charge in [-0.3, -0.25) is 0 Å². The molecule has 17 heteroatoms. The van der Waals surface area contributed by atoms with Crippen LogP contribution in [-0.2, 0) is 5.60 Å². The van der Waals surface area contributed by atoms with Crippen LogP contribution >= 0.6 is 0 Å². The van der Waals surface area contributed by atoms with Crippen molar-refractivity contribution in [3.05, 3.63) is 34.9 Å². The first-order valence-corrected chi connectivity index (χ1v) is 9.29. The van der Waals surface area contributed by atoms with E-state index in [1.807, 2.05) is 0 Å². The molecule has 1 aromatic rings. The maximum Gasteiger partial charge on any atom is 0.426 e. The lowest BCUT2D eigenvalue weighted by atomic mass is 9.83. The van der Waals surface area contributed by atoms with Gasteiger partial charge in [0.1, 0.15) is 6.67 Å². The van der Waals surface area contributed by atoms with Gasteiger partial charge in [0.25, 0.3) is 5.60 Å². The third-order valence-electron chi connectivity index (χ3n) is 5.28. The Bertz CT molecular complexity index is 977. The Hall–Kier alpha value is -2.27. The van der Waals surface area contributed by atoms with Crippen molar-refractivity contribution in [3.63, 3.8) is 0 Å². The molecule has 5 N–H and O–H groups in total. The zero-order valence-electron chi connectivity index (χ0n) is 18.0. The summed E-state index contributed by atoms with van der Waals surface area (Å²) in [6, 6.07) is 0.347. The second-order valence-corrected chi connectivity index (χ2v) is 8.09. The summed E-state index contributed by atoms with van der Waals surface area (Å²) in [5.74, 6) is 0. The Morgan fingerprint density at radius 2 is 1.25 bits per heavy atom. The van der Waals surface area contributed by atoms with Crippen LogP contribution in [0.5, 0.6) is 0 Å². The lowest BCUT2D eigenvalue weighted by Crippen LogP contribution is -2.57. The molecular weight excluding hydrogens is 537 g/mol. The molecule has 0 saturated heterocycles. The molecule has 0 aliphatic rings. The largest absolute Gasteiger partial charge is 0.426 e. The molecule has 208 valence electrons. The SMILES string of the molecule is Cc1cc(/C(=C/C(C)(O)C(F)(F)F)CC(O)(C(F)(F)F)C(F)(F)F)cc(C(O)(CF)C(F)(F)F)c1N. The molecule has 0 aromatic heterocycles. The number of aliphatic hydroxyl groups is 3. The van der Waals surface area contributed by atoms with Crippen LogP contribution in [0.3, 0.4) is 0 Å². The van der Waals surface area contributed by atoms with Gasteiger partial charge in [-0.15, -0.1) is 0 Å². The molecule has 0 aliphatic heterocycles. The quantitative estimate of drug-likeness (QED) is 0.286. The van der Waals surface area contributed by atoms with Crippen molar-refractivity contribution in [2.45, 2.75) is 61.8 Å². The molecule has 36 heavy (non-hydrogen) atoms. The van der Waals surface area contributed by atoms with Crippen LogP contribution in [0.15, 0.2) is 18.2 Å². The standard InChI is InChI=1S/C19H18F13NO3/c1-8-3-9(4-11(12(8)33)14(35,7-20)17(24,25)26)10(5-13(2,34)16(21,22)23)6-15(36,18(27,28)29)19(30,31)32/h3-5,34-36H,6-7,33H2,1-2H3/b10-5+. The Labute approximate surface area is 193 Å². The zero-order valence-corrected chi connectivity index (χ0v) is 18.0. The molecule has 0 aliphatic carbocycles. The fourth-order valence-corrected chi connectivity index (χ4v) is 2.92. The first-order chi connectivity index (χ1) is 15.7. The summed E-state index contributed by atoms with van der Waals surface area (Å²) in [6.45, 7) is -1.96. The van der Waals surface area contributed by atoms with Gasteiger partial charge in [0, 0.05) is 17.7 Å². The fourth-order valence-electron chi connectivity index (χ4n) is 2.92. The molecular formula is C19H18F13NO3. The summed E-state index contributed by atoms with van der Waals surface area (Å²) in [7, 11) is 0. The maximum atomic E-state index is 13.4. The number of halogens is 13. The molecule has 1 aromatic carbocycles. The fraction of sp³-hybridized carbons (Fsp3) is 0.579. The van der Waals surface area contributed by atoms with Crippen LogP contribution in [0.1, 0.15) is 30.0 Å². The third kappa shape index (κ3) is 5.66. The van der Waals surface area contributed by atoms with E-state index < -0.39 is 88.6 Å². The number of aryl methyl sites for hydroxylation is 1. The van der Waals surface area contributed by atoms with Gasteiger partial charge < -0.3 is 21.1 Å². The average Bonchev–Trinajstić information content (AvgIpc) is 2.64. The topological polar surface area (TPSA) is 86.7 Å². The summed E-state index contributed by atoms with van der Waals surface area (Å²) in [6.07, 6.45) is -28.1. The summed E-state index contributed by atoms with van der Waals surface area (Å²) in [4.78, 5) is 0. The van der Waals surface area contributed by atoms with E-state index in [1.165, 1.54) is 0 Å². The Morgan fingerprint density at radius 1 is 0.806 bits per heavy atom. The number of nitrogen functional groups attached to an aromatic ring is 1. The van der Waals surface area contributed by atoms with Crippen molar-refractivity contribution in [3.8, 4) is 0 Å². The highest BCUT2D eigenvalue weighted by atomic mass is 19.4. The lowest BCUT2D eigenvalue weighted by molar-refractivity contribution is -0.365. The van der Waals surface area contributed by atoms with Gasteiger partial charge in [-0.25, -0.2) is 4.39 Å². The van der Waals surface area contributed by atoms with Gasteiger partial charge in [0.05, 0.1) is 0 Å². The normalized spacial score (nSPS) is 18.1. The van der Waals surface area contributed by atoms with E-state index in [4.69, 9.17) is 5.73 Å². The van der Waals surface area contributed by atoms with E-state index >= 15 is 0 Å². The van der Waals surface area contributed by atoms with Gasteiger partial charge >= 0.3 is 24.7 Å². The lowest BCUT2D eigenvalue weighted by Gasteiger charge is -2.35. The molecule has 4 nitrogen and oxygen atoms in total. The highest BCUT2D eigenvalue weighted by Gasteiger charge is 2.70. The molecule has 1 rings (SSSR count). The van der Waals surface area contributed by atoms with Crippen molar-refractivity contribution < 1.29 is 72.4 Å². The Kier molecular flexibility index (Phi) is 8.15. The van der Waals surface area contributed by atoms with Crippen LogP contribution in [0, 0.1) is 6.92 Å². The number of rotatable bonds is 6. The van der Waals surface area contributed by atoms with Crippen LogP contribution in [0.4, 0.5) is 62.8 Å². The van der Waals surface area contributed by atoms with Crippen LogP contribution in [0.25, 0.3) is 5.57 Å². The molecule has 2 unspecified atom stereocenters. The minimum absolute atomic E-state index is 0.0825. The number of benzene rings is 1. The summed E-state index contributed by atoms with van der Waals surface area (Å²) < 4.78 is 172. The van der Waals surface area contributed by atoms with E-state index in [0.29, 0.717) is 6.07 Å². The van der Waals surface area contributed by atoms with Crippen LogP contribution < -0.4 is 5.73 Å². The van der Waals surface area contributed by atoms with E-state index in [-0.39, 0.29) is 13.0 Å². The molecule has 0 amide bonds. The van der Waals surface area contributed by atoms with Crippen molar-refractivity contribution in [1.29, 1.82) is 0 Å². The van der Waals surface area contributed by atoms with Crippen molar-refractivity contribution in [2.75, 3.05) is 12.4 Å². The zero-order chi connectivity index (χ0) is 28.9. The molecule has 0 heterocycles.